The number of hydrogen-bond donors (Lipinski definition) is 1. The maximum absolute atomic E-state index is 6.16. The van der Waals surface area contributed by atoms with Crippen LogP contribution < -0.4 is 5.32 Å². The highest BCUT2D eigenvalue weighted by molar-refractivity contribution is 7.09. The van der Waals surface area contributed by atoms with Gasteiger partial charge in [0.15, 0.2) is 0 Å². The van der Waals surface area contributed by atoms with Gasteiger partial charge in [-0.25, -0.2) is 4.98 Å². The van der Waals surface area contributed by atoms with Crippen molar-refractivity contribution in [2.75, 3.05) is 5.32 Å². The molecule has 1 aliphatic carbocycles. The number of nitrogens with zero attached hydrogens (tertiary/aromatic N) is 3. The van der Waals surface area contributed by atoms with Crippen LogP contribution in [0.5, 0.6) is 0 Å². The summed E-state index contributed by atoms with van der Waals surface area (Å²) in [5.74, 6) is 1.52. The van der Waals surface area contributed by atoms with Crippen molar-refractivity contribution in [2.24, 2.45) is 0 Å². The van der Waals surface area contributed by atoms with Crippen LogP contribution in [0.25, 0.3) is 0 Å². The van der Waals surface area contributed by atoms with Crippen molar-refractivity contribution in [3.8, 4) is 0 Å². The molecule has 0 aliphatic heterocycles. The number of rotatable bonds is 5. The highest BCUT2D eigenvalue weighted by Gasteiger charge is 2.28. The molecular weight excluding hydrogens is 328 g/mol. The SMILES string of the molecule is Clc1cccc(C(Nc2nc(C3CC3)ns2)c2ccccn2)c1. The minimum absolute atomic E-state index is 0.102. The number of benzene rings is 1. The Labute approximate surface area is 143 Å². The Balaban J connectivity index is 1.66. The summed E-state index contributed by atoms with van der Waals surface area (Å²) in [6.45, 7) is 0. The lowest BCUT2D eigenvalue weighted by molar-refractivity contribution is 0.878. The third-order valence-electron chi connectivity index (χ3n) is 3.82. The third-order valence-corrected chi connectivity index (χ3v) is 4.71. The Kier molecular flexibility index (Phi) is 3.97. The Bertz CT molecular complexity index is 801. The van der Waals surface area contributed by atoms with E-state index in [1.54, 1.807) is 6.20 Å². The average molecular weight is 343 g/mol. The standard InChI is InChI=1S/C17H15ClN4S/c18-13-5-3-4-12(10-13)15(14-6-1-2-9-19-14)20-17-21-16(22-23-17)11-7-8-11/h1-6,9-11,15H,7-8H2,(H,20,21,22). The molecule has 0 spiro atoms. The minimum atomic E-state index is -0.102. The Hall–Kier alpha value is -1.98. The van der Waals surface area contributed by atoms with E-state index in [0.717, 1.165) is 22.2 Å². The zero-order valence-electron chi connectivity index (χ0n) is 12.3. The molecule has 1 aromatic carbocycles. The summed E-state index contributed by atoms with van der Waals surface area (Å²) < 4.78 is 4.46. The van der Waals surface area contributed by atoms with E-state index in [1.165, 1.54) is 24.4 Å². The molecule has 1 atom stereocenters. The molecule has 0 saturated heterocycles. The molecule has 1 fully saturated rings. The van der Waals surface area contributed by atoms with Crippen molar-refractivity contribution < 1.29 is 0 Å². The summed E-state index contributed by atoms with van der Waals surface area (Å²) in [4.78, 5) is 9.11. The molecule has 2 aromatic heterocycles. The molecule has 0 amide bonds. The fourth-order valence-corrected chi connectivity index (χ4v) is 3.36. The van der Waals surface area contributed by atoms with Gasteiger partial charge in [0.1, 0.15) is 5.82 Å². The fourth-order valence-electron chi connectivity index (χ4n) is 2.49. The molecule has 23 heavy (non-hydrogen) atoms. The summed E-state index contributed by atoms with van der Waals surface area (Å²) in [6, 6.07) is 13.6. The molecule has 0 bridgehead atoms. The molecule has 1 saturated carbocycles. The summed E-state index contributed by atoms with van der Waals surface area (Å²) in [5, 5.41) is 5.00. The quantitative estimate of drug-likeness (QED) is 0.732. The van der Waals surface area contributed by atoms with Gasteiger partial charge in [0, 0.05) is 28.7 Å². The summed E-state index contributed by atoms with van der Waals surface area (Å²) in [7, 11) is 0. The molecule has 3 aromatic rings. The van der Waals surface area contributed by atoms with Gasteiger partial charge < -0.3 is 5.32 Å². The van der Waals surface area contributed by atoms with Crippen molar-refractivity contribution >= 4 is 28.3 Å². The molecule has 4 rings (SSSR count). The van der Waals surface area contributed by atoms with Crippen molar-refractivity contribution in [3.05, 3.63) is 70.8 Å². The first-order valence-corrected chi connectivity index (χ1v) is 8.71. The minimum Gasteiger partial charge on any atom is -0.348 e. The number of nitrogens with one attached hydrogen (secondary N) is 1. The van der Waals surface area contributed by atoms with Crippen LogP contribution in [-0.2, 0) is 0 Å². The maximum Gasteiger partial charge on any atom is 0.203 e. The van der Waals surface area contributed by atoms with Crippen LogP contribution in [0.2, 0.25) is 5.02 Å². The van der Waals surface area contributed by atoms with Crippen molar-refractivity contribution in [1.29, 1.82) is 0 Å². The van der Waals surface area contributed by atoms with Gasteiger partial charge >= 0.3 is 0 Å². The van der Waals surface area contributed by atoms with E-state index in [2.05, 4.69) is 19.7 Å². The van der Waals surface area contributed by atoms with Gasteiger partial charge in [-0.1, -0.05) is 29.8 Å². The number of hydrogen-bond acceptors (Lipinski definition) is 5. The first-order chi connectivity index (χ1) is 11.3. The predicted octanol–water partition coefficient (Wildman–Crippen LogP) is 4.67. The largest absolute Gasteiger partial charge is 0.348 e. The summed E-state index contributed by atoms with van der Waals surface area (Å²) >= 11 is 7.57. The van der Waals surface area contributed by atoms with Crippen LogP contribution in [0.3, 0.4) is 0 Å². The first-order valence-electron chi connectivity index (χ1n) is 7.56. The van der Waals surface area contributed by atoms with E-state index in [-0.39, 0.29) is 6.04 Å². The molecule has 1 unspecified atom stereocenters. The maximum atomic E-state index is 6.16. The Morgan fingerprint density at radius 1 is 1.17 bits per heavy atom. The molecule has 116 valence electrons. The molecule has 2 heterocycles. The smallest absolute Gasteiger partial charge is 0.203 e. The lowest BCUT2D eigenvalue weighted by Gasteiger charge is -2.18. The highest BCUT2D eigenvalue weighted by atomic mass is 35.5. The van der Waals surface area contributed by atoms with Crippen LogP contribution in [0.15, 0.2) is 48.7 Å². The van der Waals surface area contributed by atoms with Crippen molar-refractivity contribution in [1.82, 2.24) is 14.3 Å². The number of anilines is 1. The summed E-state index contributed by atoms with van der Waals surface area (Å²) in [6.07, 6.45) is 4.20. The average Bonchev–Trinajstić information content (AvgIpc) is 3.33. The summed E-state index contributed by atoms with van der Waals surface area (Å²) in [5.41, 5.74) is 1.98. The number of halogens is 1. The van der Waals surface area contributed by atoms with Crippen molar-refractivity contribution in [3.63, 3.8) is 0 Å². The van der Waals surface area contributed by atoms with Gasteiger partial charge in [-0.15, -0.1) is 0 Å². The van der Waals surface area contributed by atoms with Crippen LogP contribution in [0.1, 0.15) is 41.9 Å². The Morgan fingerprint density at radius 2 is 2.09 bits per heavy atom. The zero-order valence-corrected chi connectivity index (χ0v) is 13.9. The van der Waals surface area contributed by atoms with E-state index < -0.39 is 0 Å². The van der Waals surface area contributed by atoms with Gasteiger partial charge in [-0.2, -0.15) is 4.37 Å². The normalized spacial score (nSPS) is 15.3. The molecule has 6 heteroatoms. The van der Waals surface area contributed by atoms with Gasteiger partial charge in [-0.05, 0) is 42.7 Å². The van der Waals surface area contributed by atoms with Gasteiger partial charge in [0.25, 0.3) is 0 Å². The van der Waals surface area contributed by atoms with Crippen LogP contribution >= 0.6 is 23.1 Å². The molecule has 1 N–H and O–H groups in total. The van der Waals surface area contributed by atoms with Crippen LogP contribution in [0.4, 0.5) is 5.13 Å². The lowest BCUT2D eigenvalue weighted by Crippen LogP contribution is -2.13. The van der Waals surface area contributed by atoms with Gasteiger partial charge in [0.05, 0.1) is 11.7 Å². The van der Waals surface area contributed by atoms with Crippen molar-refractivity contribution in [2.45, 2.75) is 24.8 Å². The van der Waals surface area contributed by atoms with Gasteiger partial charge in [-0.3, -0.25) is 4.98 Å². The second-order valence-electron chi connectivity index (χ2n) is 5.62. The lowest BCUT2D eigenvalue weighted by atomic mass is 10.0. The van der Waals surface area contributed by atoms with E-state index in [9.17, 15) is 0 Å². The van der Waals surface area contributed by atoms with Crippen LogP contribution in [0, 0.1) is 0 Å². The first kappa shape index (κ1) is 14.6. The van der Waals surface area contributed by atoms with E-state index in [0.29, 0.717) is 10.9 Å². The van der Waals surface area contributed by atoms with Gasteiger partial charge in [0.2, 0.25) is 5.13 Å². The number of aromatic nitrogens is 3. The molecule has 4 nitrogen and oxygen atoms in total. The number of pyridine rings is 1. The van der Waals surface area contributed by atoms with E-state index >= 15 is 0 Å². The predicted molar refractivity (Wildman–Crippen MR) is 93.0 cm³/mol. The second kappa shape index (κ2) is 6.26. The third kappa shape index (κ3) is 3.35. The Morgan fingerprint density at radius 3 is 2.83 bits per heavy atom. The zero-order chi connectivity index (χ0) is 15.6. The topological polar surface area (TPSA) is 50.7 Å². The molecule has 1 aliphatic rings. The van der Waals surface area contributed by atoms with Crippen LogP contribution in [-0.4, -0.2) is 14.3 Å². The van der Waals surface area contributed by atoms with E-state index in [4.69, 9.17) is 11.6 Å². The second-order valence-corrected chi connectivity index (χ2v) is 6.81. The highest BCUT2D eigenvalue weighted by Crippen LogP contribution is 2.39. The van der Waals surface area contributed by atoms with E-state index in [1.807, 2.05) is 42.5 Å². The monoisotopic (exact) mass is 342 g/mol. The fraction of sp³-hybridized carbons (Fsp3) is 0.235. The molecular formula is C17H15ClN4S. The molecule has 0 radical (unpaired) electrons.